The fraction of sp³-hybridized carbons (Fsp3) is 0.750. The zero-order valence-corrected chi connectivity index (χ0v) is 12.3. The Hall–Kier alpha value is -0.0600. The van der Waals surface area contributed by atoms with Gasteiger partial charge in [0.1, 0.15) is 0 Å². The predicted octanol–water partition coefficient (Wildman–Crippen LogP) is 3.28. The van der Waals surface area contributed by atoms with Crippen molar-refractivity contribution in [2.24, 2.45) is 0 Å². The lowest BCUT2D eigenvalue weighted by atomic mass is 9.98. The lowest BCUT2D eigenvalue weighted by Crippen LogP contribution is -2.16. The summed E-state index contributed by atoms with van der Waals surface area (Å²) in [5.41, 5.74) is 1.36. The van der Waals surface area contributed by atoms with Gasteiger partial charge in [-0.05, 0) is 25.0 Å². The van der Waals surface area contributed by atoms with Crippen LogP contribution in [-0.4, -0.2) is 23.5 Å². The van der Waals surface area contributed by atoms with Gasteiger partial charge in [-0.2, -0.15) is 11.8 Å². The molecule has 0 aliphatic carbocycles. The number of thiazole rings is 1. The molecule has 4 heteroatoms. The first-order valence-electron chi connectivity index (χ1n) is 5.68. The van der Waals surface area contributed by atoms with E-state index < -0.39 is 0 Å². The van der Waals surface area contributed by atoms with Gasteiger partial charge in [-0.1, -0.05) is 20.8 Å². The molecule has 1 N–H and O–H groups in total. The van der Waals surface area contributed by atoms with Crippen molar-refractivity contribution in [2.45, 2.75) is 39.2 Å². The summed E-state index contributed by atoms with van der Waals surface area (Å²) in [5, 5.41) is 6.83. The maximum absolute atomic E-state index is 4.65. The Kier molecular flexibility index (Phi) is 5.79. The number of nitrogens with one attached hydrogen (secondary N) is 1. The molecule has 0 aromatic carbocycles. The van der Waals surface area contributed by atoms with Crippen LogP contribution in [0.4, 0.5) is 0 Å². The monoisotopic (exact) mass is 258 g/mol. The van der Waals surface area contributed by atoms with Crippen LogP contribution >= 0.6 is 23.1 Å². The van der Waals surface area contributed by atoms with Crippen LogP contribution in [0.5, 0.6) is 0 Å². The maximum Gasteiger partial charge on any atom is 0.0982 e. The number of aromatic nitrogens is 1. The minimum atomic E-state index is 0.182. The molecule has 1 aromatic heterocycles. The molecule has 1 aromatic rings. The summed E-state index contributed by atoms with van der Waals surface area (Å²) in [6, 6.07) is 0. The van der Waals surface area contributed by atoms with E-state index >= 15 is 0 Å². The number of rotatable bonds is 6. The zero-order chi connectivity index (χ0) is 12.0. The Labute approximate surface area is 107 Å². The molecule has 92 valence electrons. The van der Waals surface area contributed by atoms with Crippen LogP contribution in [0, 0.1) is 0 Å². The van der Waals surface area contributed by atoms with E-state index in [0.29, 0.717) is 0 Å². The van der Waals surface area contributed by atoms with Gasteiger partial charge in [0.15, 0.2) is 0 Å². The summed E-state index contributed by atoms with van der Waals surface area (Å²) in [4.78, 5) is 4.65. The van der Waals surface area contributed by atoms with Crippen molar-refractivity contribution in [1.82, 2.24) is 10.3 Å². The quantitative estimate of drug-likeness (QED) is 0.793. The van der Waals surface area contributed by atoms with Crippen molar-refractivity contribution >= 4 is 23.1 Å². The van der Waals surface area contributed by atoms with Gasteiger partial charge < -0.3 is 5.32 Å². The van der Waals surface area contributed by atoms with E-state index in [0.717, 1.165) is 13.1 Å². The molecule has 0 bridgehead atoms. The van der Waals surface area contributed by atoms with E-state index in [1.54, 1.807) is 11.3 Å². The van der Waals surface area contributed by atoms with Crippen LogP contribution < -0.4 is 5.32 Å². The first-order chi connectivity index (χ1) is 7.54. The smallest absolute Gasteiger partial charge is 0.0982 e. The Morgan fingerprint density at radius 2 is 2.19 bits per heavy atom. The average Bonchev–Trinajstić information content (AvgIpc) is 2.65. The van der Waals surface area contributed by atoms with Crippen LogP contribution in [0.1, 0.15) is 37.9 Å². The van der Waals surface area contributed by atoms with E-state index in [4.69, 9.17) is 0 Å². The molecule has 0 aliphatic heterocycles. The van der Waals surface area contributed by atoms with Crippen LogP contribution in [0.3, 0.4) is 0 Å². The van der Waals surface area contributed by atoms with Crippen LogP contribution in [0.15, 0.2) is 5.38 Å². The average molecular weight is 258 g/mol. The minimum absolute atomic E-state index is 0.182. The molecule has 0 unspecified atom stereocenters. The van der Waals surface area contributed by atoms with Gasteiger partial charge in [0.2, 0.25) is 0 Å². The summed E-state index contributed by atoms with van der Waals surface area (Å²) in [7, 11) is 0. The highest BCUT2D eigenvalue weighted by molar-refractivity contribution is 7.98. The first-order valence-corrected chi connectivity index (χ1v) is 7.96. The van der Waals surface area contributed by atoms with Crippen LogP contribution in [-0.2, 0) is 12.0 Å². The second-order valence-electron chi connectivity index (χ2n) is 4.92. The van der Waals surface area contributed by atoms with Gasteiger partial charge in [-0.3, -0.25) is 0 Å². The van der Waals surface area contributed by atoms with Crippen molar-refractivity contribution in [2.75, 3.05) is 18.6 Å². The minimum Gasteiger partial charge on any atom is -0.311 e. The molecule has 0 saturated heterocycles. The van der Waals surface area contributed by atoms with E-state index in [1.807, 2.05) is 11.8 Å². The Morgan fingerprint density at radius 1 is 1.44 bits per heavy atom. The number of hydrogen-bond donors (Lipinski definition) is 1. The highest BCUT2D eigenvalue weighted by Gasteiger charge is 2.17. The summed E-state index contributed by atoms with van der Waals surface area (Å²) < 4.78 is 0. The molecule has 0 radical (unpaired) electrons. The maximum atomic E-state index is 4.65. The molecule has 0 fully saturated rings. The third-order valence-corrected chi connectivity index (χ3v) is 4.22. The van der Waals surface area contributed by atoms with Gasteiger partial charge in [0, 0.05) is 17.3 Å². The Bertz CT molecular complexity index is 302. The highest BCUT2D eigenvalue weighted by atomic mass is 32.2. The molecule has 0 amide bonds. The van der Waals surface area contributed by atoms with E-state index in [-0.39, 0.29) is 5.41 Å². The topological polar surface area (TPSA) is 24.9 Å². The van der Waals surface area contributed by atoms with Gasteiger partial charge >= 0.3 is 0 Å². The van der Waals surface area contributed by atoms with Crippen molar-refractivity contribution in [1.29, 1.82) is 0 Å². The lowest BCUT2D eigenvalue weighted by Gasteiger charge is -2.13. The van der Waals surface area contributed by atoms with Crippen molar-refractivity contribution < 1.29 is 0 Å². The summed E-state index contributed by atoms with van der Waals surface area (Å²) in [6.45, 7) is 8.62. The zero-order valence-electron chi connectivity index (χ0n) is 10.7. The summed E-state index contributed by atoms with van der Waals surface area (Å²) in [6.07, 6.45) is 3.38. The predicted molar refractivity (Wildman–Crippen MR) is 75.5 cm³/mol. The largest absolute Gasteiger partial charge is 0.311 e. The molecule has 0 spiro atoms. The Balaban J connectivity index is 2.30. The van der Waals surface area contributed by atoms with Crippen molar-refractivity contribution in [3.8, 4) is 0 Å². The van der Waals surface area contributed by atoms with Crippen molar-refractivity contribution in [3.05, 3.63) is 16.1 Å². The fourth-order valence-electron chi connectivity index (χ4n) is 1.29. The van der Waals surface area contributed by atoms with Gasteiger partial charge in [-0.25, -0.2) is 4.98 Å². The summed E-state index contributed by atoms with van der Waals surface area (Å²) >= 11 is 3.67. The molecule has 0 atom stereocenters. The highest BCUT2D eigenvalue weighted by Crippen LogP contribution is 2.25. The van der Waals surface area contributed by atoms with Gasteiger partial charge in [0.05, 0.1) is 10.7 Å². The molecule has 0 aliphatic rings. The van der Waals surface area contributed by atoms with E-state index in [9.17, 15) is 0 Å². The van der Waals surface area contributed by atoms with E-state index in [1.165, 1.54) is 22.9 Å². The second-order valence-corrected chi connectivity index (χ2v) is 6.76. The first kappa shape index (κ1) is 14.0. The lowest BCUT2D eigenvalue weighted by molar-refractivity contribution is 0.579. The number of thioether (sulfide) groups is 1. The summed E-state index contributed by atoms with van der Waals surface area (Å²) in [5.74, 6) is 1.23. The molecule has 1 heterocycles. The SMILES string of the molecule is CSCCCNCc1csc(C(C)(C)C)n1. The second kappa shape index (κ2) is 6.62. The molecular formula is C12H22N2S2. The molecular weight excluding hydrogens is 236 g/mol. The standard InChI is InChI=1S/C12H22N2S2/c1-12(2,3)11-14-10(9-16-11)8-13-6-5-7-15-4/h9,13H,5-8H2,1-4H3. The molecule has 1 rings (SSSR count). The fourth-order valence-corrected chi connectivity index (χ4v) is 2.63. The van der Waals surface area contributed by atoms with Gasteiger partial charge in [-0.15, -0.1) is 11.3 Å². The molecule has 16 heavy (non-hydrogen) atoms. The molecule has 0 saturated carbocycles. The number of nitrogens with zero attached hydrogens (tertiary/aromatic N) is 1. The molecule has 2 nitrogen and oxygen atoms in total. The van der Waals surface area contributed by atoms with E-state index in [2.05, 4.69) is 42.7 Å². The Morgan fingerprint density at radius 3 is 2.75 bits per heavy atom. The van der Waals surface area contributed by atoms with Crippen LogP contribution in [0.2, 0.25) is 0 Å². The van der Waals surface area contributed by atoms with Gasteiger partial charge in [0.25, 0.3) is 0 Å². The third-order valence-electron chi connectivity index (χ3n) is 2.20. The third kappa shape index (κ3) is 4.85. The number of hydrogen-bond acceptors (Lipinski definition) is 4. The van der Waals surface area contributed by atoms with Crippen molar-refractivity contribution in [3.63, 3.8) is 0 Å². The normalized spacial score (nSPS) is 12.0. The van der Waals surface area contributed by atoms with Crippen LogP contribution in [0.25, 0.3) is 0 Å².